The number of piperidine rings is 1. The molecule has 1 aromatic heterocycles. The summed E-state index contributed by atoms with van der Waals surface area (Å²) < 4.78 is 18.5. The lowest BCUT2D eigenvalue weighted by Crippen LogP contribution is -2.52. The number of primary amides is 1. The van der Waals surface area contributed by atoms with E-state index in [0.29, 0.717) is 72.4 Å². The minimum Gasteiger partial charge on any atom is -0.492 e. The molecule has 1 aliphatic heterocycles. The lowest BCUT2D eigenvalue weighted by molar-refractivity contribution is -0.155. The summed E-state index contributed by atoms with van der Waals surface area (Å²) in [5.74, 6) is -1.68. The number of carboxylic acids is 2. The fourth-order valence-corrected chi connectivity index (χ4v) is 7.07. The minimum atomic E-state index is -1.63. The number of nitrogens with one attached hydrogen (secondary N) is 1. The van der Waals surface area contributed by atoms with E-state index in [1.807, 2.05) is 43.3 Å². The zero-order chi connectivity index (χ0) is 42.0. The number of carbonyl (C=O) groups excluding carboxylic acids is 1. The highest BCUT2D eigenvalue weighted by atomic mass is 35.5. The number of carboxylic acid groups (broad SMARTS) is 2. The van der Waals surface area contributed by atoms with Gasteiger partial charge in [-0.1, -0.05) is 53.5 Å². The van der Waals surface area contributed by atoms with Gasteiger partial charge in [0.2, 0.25) is 5.91 Å². The monoisotopic (exact) mass is 838 g/mol. The molecule has 0 bridgehead atoms. The Bertz CT molecular complexity index is 2110. The van der Waals surface area contributed by atoms with Crippen LogP contribution in [0, 0.1) is 12.3 Å². The SMILES string of the molecule is Cc1c(COc2cc(OCc3cncc(C(N)=O)c3)c(CN[C@](C)(CO)C(=O)O)cc2Cl)cccc1-c1cccc(OCCCN2CCC(CO)(C(=O)O)CC2)c1Cl. The Balaban J connectivity index is 1.28. The maximum absolute atomic E-state index is 11.8. The molecule has 5 rings (SSSR count). The lowest BCUT2D eigenvalue weighted by Gasteiger charge is -2.37. The molecular weight excluding hydrogens is 791 g/mol. The van der Waals surface area contributed by atoms with Crippen LogP contribution in [-0.2, 0) is 29.3 Å². The van der Waals surface area contributed by atoms with E-state index in [-0.39, 0.29) is 37.0 Å². The number of carbonyl (C=O) groups is 3. The summed E-state index contributed by atoms with van der Waals surface area (Å²) in [4.78, 5) is 41.4. The topological polar surface area (TPSA) is 214 Å². The van der Waals surface area contributed by atoms with Gasteiger partial charge in [0.05, 0.1) is 40.8 Å². The number of aliphatic carboxylic acids is 2. The summed E-state index contributed by atoms with van der Waals surface area (Å²) in [6, 6.07) is 16.2. The number of halogens is 2. The number of ether oxygens (including phenoxy) is 3. The molecule has 310 valence electrons. The van der Waals surface area contributed by atoms with Gasteiger partial charge in [0.15, 0.2) is 0 Å². The number of nitrogens with two attached hydrogens (primary N) is 1. The number of aromatic nitrogens is 1. The molecule has 1 aliphatic rings. The molecular formula is C42H48Cl2N4O10. The number of nitrogens with zero attached hydrogens (tertiary/aromatic N) is 2. The molecule has 0 radical (unpaired) electrons. The van der Waals surface area contributed by atoms with Gasteiger partial charge in [-0.2, -0.15) is 0 Å². The number of pyridine rings is 1. The molecule has 1 fully saturated rings. The second kappa shape index (κ2) is 19.7. The Hall–Kier alpha value is -4.96. The van der Waals surface area contributed by atoms with Crippen molar-refractivity contribution in [1.29, 1.82) is 0 Å². The van der Waals surface area contributed by atoms with Gasteiger partial charge in [-0.15, -0.1) is 0 Å². The number of hydrogen-bond donors (Lipinski definition) is 6. The Kier molecular flexibility index (Phi) is 15.0. The highest BCUT2D eigenvalue weighted by Crippen LogP contribution is 2.39. The van der Waals surface area contributed by atoms with E-state index in [1.54, 1.807) is 18.2 Å². The smallest absolute Gasteiger partial charge is 0.326 e. The van der Waals surface area contributed by atoms with E-state index < -0.39 is 35.4 Å². The van der Waals surface area contributed by atoms with Crippen molar-refractivity contribution >= 4 is 41.0 Å². The zero-order valence-electron chi connectivity index (χ0n) is 32.3. The van der Waals surface area contributed by atoms with E-state index in [4.69, 9.17) is 43.1 Å². The van der Waals surface area contributed by atoms with Gasteiger partial charge in [0.25, 0.3) is 0 Å². The van der Waals surface area contributed by atoms with Gasteiger partial charge in [0, 0.05) is 48.2 Å². The number of hydrogen-bond acceptors (Lipinski definition) is 11. The molecule has 0 spiro atoms. The molecule has 0 saturated carbocycles. The van der Waals surface area contributed by atoms with Crippen molar-refractivity contribution in [3.8, 4) is 28.4 Å². The Labute approximate surface area is 346 Å². The molecule has 14 nitrogen and oxygen atoms in total. The molecule has 1 saturated heterocycles. The van der Waals surface area contributed by atoms with Crippen molar-refractivity contribution < 1.29 is 49.0 Å². The number of benzene rings is 3. The Morgan fingerprint density at radius 3 is 2.29 bits per heavy atom. The highest BCUT2D eigenvalue weighted by molar-refractivity contribution is 6.35. The summed E-state index contributed by atoms with van der Waals surface area (Å²) in [5, 5.41) is 42.2. The van der Waals surface area contributed by atoms with Crippen LogP contribution < -0.4 is 25.3 Å². The molecule has 0 unspecified atom stereocenters. The third kappa shape index (κ3) is 10.6. The van der Waals surface area contributed by atoms with E-state index in [0.717, 1.165) is 28.8 Å². The number of aliphatic hydroxyl groups excluding tert-OH is 2. The summed E-state index contributed by atoms with van der Waals surface area (Å²) in [6.07, 6.45) is 4.39. The first-order chi connectivity index (χ1) is 27.7. The van der Waals surface area contributed by atoms with Crippen LogP contribution in [0.3, 0.4) is 0 Å². The van der Waals surface area contributed by atoms with Crippen LogP contribution in [0.2, 0.25) is 10.0 Å². The zero-order valence-corrected chi connectivity index (χ0v) is 33.8. The van der Waals surface area contributed by atoms with Crippen LogP contribution in [0.5, 0.6) is 17.2 Å². The second-order valence-electron chi connectivity index (χ2n) is 14.6. The van der Waals surface area contributed by atoms with Crippen molar-refractivity contribution in [2.24, 2.45) is 11.1 Å². The van der Waals surface area contributed by atoms with E-state index in [1.165, 1.54) is 19.3 Å². The molecule has 1 atom stereocenters. The maximum Gasteiger partial charge on any atom is 0.326 e. The first kappa shape index (κ1) is 44.1. The molecule has 4 aromatic rings. The van der Waals surface area contributed by atoms with Crippen molar-refractivity contribution in [2.75, 3.05) is 39.5 Å². The molecule has 7 N–H and O–H groups in total. The molecule has 2 heterocycles. The minimum absolute atomic E-state index is 0.0118. The third-order valence-electron chi connectivity index (χ3n) is 10.6. The quantitative estimate of drug-likeness (QED) is 0.0610. The van der Waals surface area contributed by atoms with Crippen LogP contribution in [0.15, 0.2) is 67.0 Å². The highest BCUT2D eigenvalue weighted by Gasteiger charge is 2.41. The molecule has 1 amide bonds. The largest absolute Gasteiger partial charge is 0.492 e. The normalized spacial score (nSPS) is 15.0. The lowest BCUT2D eigenvalue weighted by atomic mass is 9.79. The fraction of sp³-hybridized carbons (Fsp3) is 0.381. The van der Waals surface area contributed by atoms with E-state index in [9.17, 15) is 34.8 Å². The van der Waals surface area contributed by atoms with Gasteiger partial charge >= 0.3 is 11.9 Å². The maximum atomic E-state index is 11.8. The van der Waals surface area contributed by atoms with Crippen LogP contribution in [0.1, 0.15) is 58.8 Å². The first-order valence-corrected chi connectivity index (χ1v) is 19.4. The Morgan fingerprint density at radius 2 is 1.62 bits per heavy atom. The van der Waals surface area contributed by atoms with E-state index >= 15 is 0 Å². The summed E-state index contributed by atoms with van der Waals surface area (Å²) in [6.45, 7) is 4.72. The van der Waals surface area contributed by atoms with Crippen molar-refractivity contribution in [3.63, 3.8) is 0 Å². The van der Waals surface area contributed by atoms with Crippen molar-refractivity contribution in [2.45, 2.75) is 58.4 Å². The molecule has 0 aliphatic carbocycles. The first-order valence-electron chi connectivity index (χ1n) is 18.7. The second-order valence-corrected chi connectivity index (χ2v) is 15.3. The number of aliphatic hydroxyl groups is 2. The average Bonchev–Trinajstić information content (AvgIpc) is 3.21. The van der Waals surface area contributed by atoms with Gasteiger partial charge in [-0.05, 0) is 81.1 Å². The predicted molar refractivity (Wildman–Crippen MR) is 217 cm³/mol. The van der Waals surface area contributed by atoms with Crippen LogP contribution in [-0.4, -0.2) is 93.1 Å². The van der Waals surface area contributed by atoms with E-state index in [2.05, 4.69) is 15.2 Å². The number of amides is 1. The summed E-state index contributed by atoms with van der Waals surface area (Å²) in [5.41, 5.74) is 7.41. The van der Waals surface area contributed by atoms with Gasteiger partial charge in [0.1, 0.15) is 36.0 Å². The standard InChI is InChI=1S/C42H48Cl2N4O10/c1-26-28(6-3-7-31(26)32-8-4-9-34(37(32)44)56-15-5-12-48-13-10-42(25-50,11-14-48)40(54)55)23-58-36-18-35(57-22-27-16-30(38(45)51)20-46-19-27)29(17-33(36)43)21-47-41(2,24-49)39(52)53/h3-4,6-9,16-20,47,49-50H,5,10-15,21-25H2,1-2H3,(H2,45,51)(H,52,53)(H,54,55)/t41-/m1/s1. The van der Waals surface area contributed by atoms with Crippen LogP contribution >= 0.6 is 23.2 Å². The Morgan fingerprint density at radius 1 is 0.914 bits per heavy atom. The average molecular weight is 840 g/mol. The van der Waals surface area contributed by atoms with Gasteiger partial charge < -0.3 is 45.3 Å². The van der Waals surface area contributed by atoms with Crippen molar-refractivity contribution in [3.05, 3.63) is 105 Å². The van der Waals surface area contributed by atoms with Crippen LogP contribution in [0.4, 0.5) is 0 Å². The fourth-order valence-electron chi connectivity index (χ4n) is 6.54. The molecule has 58 heavy (non-hydrogen) atoms. The summed E-state index contributed by atoms with van der Waals surface area (Å²) >= 11 is 13.6. The number of likely N-dealkylation sites (tertiary alicyclic amines) is 1. The summed E-state index contributed by atoms with van der Waals surface area (Å²) in [7, 11) is 0. The van der Waals surface area contributed by atoms with Crippen molar-refractivity contribution in [1.82, 2.24) is 15.2 Å². The molecule has 3 aromatic carbocycles. The van der Waals surface area contributed by atoms with Crippen LogP contribution in [0.25, 0.3) is 11.1 Å². The predicted octanol–water partition coefficient (Wildman–Crippen LogP) is 5.47. The molecule has 16 heteroatoms. The van der Waals surface area contributed by atoms with Gasteiger partial charge in [-0.3, -0.25) is 24.7 Å². The van der Waals surface area contributed by atoms with Gasteiger partial charge in [-0.25, -0.2) is 0 Å². The third-order valence-corrected chi connectivity index (χ3v) is 11.3. The number of rotatable bonds is 20.